The van der Waals surface area contributed by atoms with Gasteiger partial charge in [0.05, 0.1) is 12.0 Å². The first-order valence-electron chi connectivity index (χ1n) is 8.16. The van der Waals surface area contributed by atoms with E-state index in [0.29, 0.717) is 17.0 Å². The van der Waals surface area contributed by atoms with Gasteiger partial charge in [0.1, 0.15) is 5.75 Å². The molecule has 1 atom stereocenters. The van der Waals surface area contributed by atoms with Crippen molar-refractivity contribution >= 4 is 33.7 Å². The minimum absolute atomic E-state index is 0.0774. The second kappa shape index (κ2) is 9.16. The quantitative estimate of drug-likeness (QED) is 0.537. The third-order valence-electron chi connectivity index (χ3n) is 3.65. The summed E-state index contributed by atoms with van der Waals surface area (Å²) in [4.78, 5) is 24.0. The molecule has 3 N–H and O–H groups in total. The van der Waals surface area contributed by atoms with Crippen molar-refractivity contribution in [2.24, 2.45) is 5.14 Å². The summed E-state index contributed by atoms with van der Waals surface area (Å²) in [6.07, 6.45) is 1.66. The molecule has 0 bridgehead atoms. The van der Waals surface area contributed by atoms with Gasteiger partial charge in [0.25, 0.3) is 5.91 Å². The number of carbonyl (C=O) groups is 2. The predicted molar refractivity (Wildman–Crippen MR) is 104 cm³/mol. The minimum atomic E-state index is -3.81. The van der Waals surface area contributed by atoms with Crippen molar-refractivity contribution in [3.8, 4) is 5.75 Å². The topological polar surface area (TPSA) is 125 Å². The number of anilines is 1. The van der Waals surface area contributed by atoms with Gasteiger partial charge in [-0.3, -0.25) is 4.79 Å². The number of ether oxygens (including phenoxy) is 2. The number of esters is 1. The van der Waals surface area contributed by atoms with E-state index in [-0.39, 0.29) is 4.90 Å². The minimum Gasteiger partial charge on any atom is -0.496 e. The first-order valence-corrected chi connectivity index (χ1v) is 9.71. The molecule has 0 radical (unpaired) electrons. The Kier molecular flexibility index (Phi) is 6.91. The number of sulfonamides is 1. The highest BCUT2D eigenvalue weighted by Gasteiger charge is 2.17. The van der Waals surface area contributed by atoms with Gasteiger partial charge in [0.15, 0.2) is 6.10 Å². The zero-order valence-corrected chi connectivity index (χ0v) is 16.1. The van der Waals surface area contributed by atoms with Crippen LogP contribution >= 0.6 is 0 Å². The Hall–Kier alpha value is -3.17. The van der Waals surface area contributed by atoms with Crippen LogP contribution in [0, 0.1) is 0 Å². The van der Waals surface area contributed by atoms with Crippen molar-refractivity contribution in [1.82, 2.24) is 0 Å². The average Bonchev–Trinajstić information content (AvgIpc) is 2.66. The molecule has 0 spiro atoms. The largest absolute Gasteiger partial charge is 0.496 e. The Bertz CT molecular complexity index is 984. The van der Waals surface area contributed by atoms with Crippen LogP contribution in [0.4, 0.5) is 5.69 Å². The number of hydrogen-bond acceptors (Lipinski definition) is 6. The van der Waals surface area contributed by atoms with Gasteiger partial charge >= 0.3 is 5.97 Å². The van der Waals surface area contributed by atoms with Crippen molar-refractivity contribution in [2.75, 3.05) is 12.4 Å². The molecule has 2 aromatic carbocycles. The van der Waals surface area contributed by atoms with Crippen molar-refractivity contribution in [3.63, 3.8) is 0 Å². The molecule has 28 heavy (non-hydrogen) atoms. The summed E-state index contributed by atoms with van der Waals surface area (Å²) in [7, 11) is -2.29. The second-order valence-electron chi connectivity index (χ2n) is 5.71. The Morgan fingerprint density at radius 1 is 1.11 bits per heavy atom. The maximum atomic E-state index is 12.1. The molecule has 0 unspecified atom stereocenters. The normalized spacial score (nSPS) is 12.4. The van der Waals surface area contributed by atoms with Gasteiger partial charge < -0.3 is 14.8 Å². The van der Waals surface area contributed by atoms with Crippen LogP contribution in [0.15, 0.2) is 59.5 Å². The Morgan fingerprint density at radius 2 is 1.75 bits per heavy atom. The Balaban J connectivity index is 1.94. The van der Waals surface area contributed by atoms with Gasteiger partial charge in [-0.15, -0.1) is 0 Å². The number of primary sulfonamides is 1. The summed E-state index contributed by atoms with van der Waals surface area (Å²) in [5, 5.41) is 7.53. The summed E-state index contributed by atoms with van der Waals surface area (Å²) in [6.45, 7) is 1.42. The van der Waals surface area contributed by atoms with Gasteiger partial charge in [0.2, 0.25) is 10.0 Å². The molecule has 0 fully saturated rings. The van der Waals surface area contributed by atoms with Gasteiger partial charge in [-0.1, -0.05) is 18.2 Å². The number of para-hydroxylation sites is 1. The molecule has 0 saturated heterocycles. The highest BCUT2D eigenvalue weighted by atomic mass is 32.2. The van der Waals surface area contributed by atoms with Crippen LogP contribution in [0.2, 0.25) is 0 Å². The lowest BCUT2D eigenvalue weighted by Crippen LogP contribution is -2.29. The molecular weight excluding hydrogens is 384 g/mol. The zero-order valence-electron chi connectivity index (χ0n) is 15.3. The van der Waals surface area contributed by atoms with Gasteiger partial charge in [-0.25, -0.2) is 18.4 Å². The number of hydrogen-bond donors (Lipinski definition) is 2. The maximum Gasteiger partial charge on any atom is 0.331 e. The summed E-state index contributed by atoms with van der Waals surface area (Å²) < 4.78 is 32.7. The smallest absolute Gasteiger partial charge is 0.331 e. The fourth-order valence-electron chi connectivity index (χ4n) is 2.20. The summed E-state index contributed by atoms with van der Waals surface area (Å²) in [5.41, 5.74) is 1.03. The van der Waals surface area contributed by atoms with Crippen LogP contribution in [0.3, 0.4) is 0 Å². The lowest BCUT2D eigenvalue weighted by Gasteiger charge is -2.12. The highest BCUT2D eigenvalue weighted by Crippen LogP contribution is 2.18. The molecule has 2 aromatic rings. The molecule has 9 heteroatoms. The number of nitrogens with one attached hydrogen (secondary N) is 1. The van der Waals surface area contributed by atoms with Gasteiger partial charge in [-0.2, -0.15) is 0 Å². The molecule has 1 amide bonds. The molecular formula is C19H20N2O6S. The monoisotopic (exact) mass is 404 g/mol. The highest BCUT2D eigenvalue weighted by molar-refractivity contribution is 7.89. The van der Waals surface area contributed by atoms with Gasteiger partial charge in [-0.05, 0) is 43.3 Å². The van der Waals surface area contributed by atoms with E-state index in [0.717, 1.165) is 0 Å². The molecule has 8 nitrogen and oxygen atoms in total. The fourth-order valence-corrected chi connectivity index (χ4v) is 2.72. The van der Waals surface area contributed by atoms with Crippen LogP contribution in [0.25, 0.3) is 6.08 Å². The number of carbonyl (C=O) groups excluding carboxylic acids is 2. The molecule has 0 aliphatic rings. The molecule has 0 aliphatic heterocycles. The van der Waals surface area contributed by atoms with Gasteiger partial charge in [0, 0.05) is 17.3 Å². The lowest BCUT2D eigenvalue weighted by atomic mass is 10.2. The fraction of sp³-hybridized carbons (Fsp3) is 0.158. The van der Waals surface area contributed by atoms with E-state index in [9.17, 15) is 18.0 Å². The van der Waals surface area contributed by atoms with Crippen molar-refractivity contribution in [3.05, 3.63) is 60.2 Å². The maximum absolute atomic E-state index is 12.1. The third kappa shape index (κ3) is 5.93. The summed E-state index contributed by atoms with van der Waals surface area (Å²) in [6, 6.07) is 12.4. The van der Waals surface area contributed by atoms with Crippen LogP contribution < -0.4 is 15.2 Å². The number of benzene rings is 2. The van der Waals surface area contributed by atoms with E-state index in [1.165, 1.54) is 50.5 Å². The first-order chi connectivity index (χ1) is 13.2. The van der Waals surface area contributed by atoms with E-state index in [2.05, 4.69) is 5.32 Å². The number of amides is 1. The number of rotatable bonds is 7. The standard InChI is InChI=1S/C19H20N2O6S/c1-13(19(23)21-15-8-10-16(11-9-15)28(20,24)25)27-18(22)12-7-14-5-3-4-6-17(14)26-2/h3-13H,1-2H3,(H,21,23)(H2,20,24,25)/b12-7+/t13-/m1/s1. The van der Waals surface area contributed by atoms with E-state index < -0.39 is 28.0 Å². The zero-order chi connectivity index (χ0) is 20.7. The number of methoxy groups -OCH3 is 1. The average molecular weight is 404 g/mol. The van der Waals surface area contributed by atoms with E-state index in [4.69, 9.17) is 14.6 Å². The molecule has 0 aliphatic carbocycles. The Morgan fingerprint density at radius 3 is 2.36 bits per heavy atom. The van der Waals surface area contributed by atoms with Crippen molar-refractivity contribution in [1.29, 1.82) is 0 Å². The molecule has 2 rings (SSSR count). The van der Waals surface area contributed by atoms with E-state index in [1.807, 2.05) is 0 Å². The molecule has 0 saturated carbocycles. The second-order valence-corrected chi connectivity index (χ2v) is 7.27. The number of nitrogens with two attached hydrogens (primary N) is 1. The summed E-state index contributed by atoms with van der Waals surface area (Å²) in [5.74, 6) is -0.666. The first kappa shape index (κ1) is 21.1. The third-order valence-corrected chi connectivity index (χ3v) is 4.58. The van der Waals surface area contributed by atoms with Crippen LogP contribution in [0.5, 0.6) is 5.75 Å². The SMILES string of the molecule is COc1ccccc1/C=C/C(=O)O[C@H](C)C(=O)Nc1ccc(S(N)(=O)=O)cc1. The summed E-state index contributed by atoms with van der Waals surface area (Å²) >= 11 is 0. The van der Waals surface area contributed by atoms with E-state index in [1.54, 1.807) is 24.3 Å². The van der Waals surface area contributed by atoms with Crippen molar-refractivity contribution < 1.29 is 27.5 Å². The van der Waals surface area contributed by atoms with Crippen LogP contribution in [-0.4, -0.2) is 33.5 Å². The van der Waals surface area contributed by atoms with Crippen molar-refractivity contribution in [2.45, 2.75) is 17.9 Å². The van der Waals surface area contributed by atoms with E-state index >= 15 is 0 Å². The molecule has 148 valence electrons. The van der Waals surface area contributed by atoms with Crippen LogP contribution in [0.1, 0.15) is 12.5 Å². The Labute approximate surface area is 163 Å². The molecule has 0 heterocycles. The predicted octanol–water partition coefficient (Wildman–Crippen LogP) is 1.93. The lowest BCUT2D eigenvalue weighted by molar-refractivity contribution is -0.148. The van der Waals surface area contributed by atoms with Crippen LogP contribution in [-0.2, 0) is 24.3 Å². The molecule has 0 aromatic heterocycles.